The van der Waals surface area contributed by atoms with E-state index in [4.69, 9.17) is 16.1 Å². The molecule has 100 valence electrons. The molecule has 1 atom stereocenters. The second-order valence-corrected chi connectivity index (χ2v) is 4.50. The highest BCUT2D eigenvalue weighted by atomic mass is 16.4. The van der Waals surface area contributed by atoms with Crippen molar-refractivity contribution in [2.45, 2.75) is 12.5 Å². The predicted molar refractivity (Wildman–Crippen MR) is 75.9 cm³/mol. The van der Waals surface area contributed by atoms with E-state index in [1.165, 1.54) is 0 Å². The van der Waals surface area contributed by atoms with Crippen LogP contribution in [0.3, 0.4) is 0 Å². The summed E-state index contributed by atoms with van der Waals surface area (Å²) in [5.74, 6) is -1.01. The monoisotopic (exact) mass is 266 g/mol. The Bertz CT molecular complexity index is 657. The number of carbonyl (C=O) groups is 1. The predicted octanol–water partition coefficient (Wildman–Crippen LogP) is 2.18. The van der Waals surface area contributed by atoms with Gasteiger partial charge < -0.3 is 10.8 Å². The van der Waals surface area contributed by atoms with E-state index in [1.807, 2.05) is 42.5 Å². The molecule has 0 aliphatic heterocycles. The molecule has 20 heavy (non-hydrogen) atoms. The molecule has 0 saturated carbocycles. The van der Waals surface area contributed by atoms with Crippen LogP contribution in [-0.4, -0.2) is 17.1 Å². The van der Waals surface area contributed by atoms with Crippen molar-refractivity contribution in [2.75, 3.05) is 0 Å². The lowest BCUT2D eigenvalue weighted by Gasteiger charge is -2.08. The van der Waals surface area contributed by atoms with Crippen LogP contribution in [0.5, 0.6) is 0 Å². The summed E-state index contributed by atoms with van der Waals surface area (Å²) in [5.41, 5.74) is 8.76. The van der Waals surface area contributed by atoms with Crippen LogP contribution >= 0.6 is 0 Å². The van der Waals surface area contributed by atoms with E-state index in [0.29, 0.717) is 5.56 Å². The molecule has 0 heterocycles. The van der Waals surface area contributed by atoms with E-state index >= 15 is 0 Å². The molecule has 3 N–H and O–H groups in total. The zero-order valence-corrected chi connectivity index (χ0v) is 10.8. The number of nitrogens with two attached hydrogens (primary N) is 1. The smallest absolute Gasteiger partial charge is 0.320 e. The minimum Gasteiger partial charge on any atom is -0.480 e. The normalized spacial score (nSPS) is 11.6. The zero-order chi connectivity index (χ0) is 14.5. The largest absolute Gasteiger partial charge is 0.480 e. The Morgan fingerprint density at radius 1 is 1.20 bits per heavy atom. The van der Waals surface area contributed by atoms with E-state index < -0.39 is 12.0 Å². The zero-order valence-electron chi connectivity index (χ0n) is 10.8. The van der Waals surface area contributed by atoms with Gasteiger partial charge in [0.25, 0.3) is 0 Å². The van der Waals surface area contributed by atoms with Crippen LogP contribution in [0, 0.1) is 11.3 Å². The Kier molecular flexibility index (Phi) is 4.14. The van der Waals surface area contributed by atoms with E-state index in [-0.39, 0.29) is 6.42 Å². The molecule has 4 heteroatoms. The third-order valence-electron chi connectivity index (χ3n) is 3.09. The summed E-state index contributed by atoms with van der Waals surface area (Å²) in [5, 5.41) is 17.9. The highest BCUT2D eigenvalue weighted by molar-refractivity contribution is 5.74. The van der Waals surface area contributed by atoms with E-state index in [1.54, 1.807) is 6.07 Å². The quantitative estimate of drug-likeness (QED) is 0.887. The molecule has 0 aromatic heterocycles. The Hall–Kier alpha value is -2.64. The Balaban J connectivity index is 2.25. The van der Waals surface area contributed by atoms with Crippen molar-refractivity contribution in [1.29, 1.82) is 5.26 Å². The third-order valence-corrected chi connectivity index (χ3v) is 3.09. The number of aliphatic carboxylic acids is 1. The van der Waals surface area contributed by atoms with Gasteiger partial charge in [0.1, 0.15) is 6.04 Å². The van der Waals surface area contributed by atoms with Gasteiger partial charge in [0.05, 0.1) is 11.6 Å². The molecule has 0 spiro atoms. The van der Waals surface area contributed by atoms with Gasteiger partial charge in [-0.2, -0.15) is 5.26 Å². The third kappa shape index (κ3) is 3.02. The number of rotatable bonds is 4. The van der Waals surface area contributed by atoms with Crippen molar-refractivity contribution >= 4 is 5.97 Å². The van der Waals surface area contributed by atoms with Crippen molar-refractivity contribution in [3.05, 3.63) is 59.7 Å². The minimum absolute atomic E-state index is 0.287. The summed E-state index contributed by atoms with van der Waals surface area (Å²) < 4.78 is 0. The first-order chi connectivity index (χ1) is 9.61. The summed E-state index contributed by atoms with van der Waals surface area (Å²) in [4.78, 5) is 10.7. The Morgan fingerprint density at radius 2 is 1.85 bits per heavy atom. The number of carboxylic acids is 1. The molecular formula is C16H14N2O2. The molecule has 0 aliphatic rings. The molecule has 0 aliphatic carbocycles. The maximum atomic E-state index is 10.7. The van der Waals surface area contributed by atoms with Crippen molar-refractivity contribution < 1.29 is 9.90 Å². The van der Waals surface area contributed by atoms with Crippen LogP contribution in [0.1, 0.15) is 11.1 Å². The second kappa shape index (κ2) is 6.00. The van der Waals surface area contributed by atoms with Gasteiger partial charge in [0.15, 0.2) is 0 Å². The van der Waals surface area contributed by atoms with Gasteiger partial charge in [-0.15, -0.1) is 0 Å². The lowest BCUT2D eigenvalue weighted by Crippen LogP contribution is -2.32. The van der Waals surface area contributed by atoms with Gasteiger partial charge in [0, 0.05) is 0 Å². The molecule has 0 radical (unpaired) electrons. The fourth-order valence-electron chi connectivity index (χ4n) is 1.99. The van der Waals surface area contributed by atoms with Crippen molar-refractivity contribution in [2.24, 2.45) is 5.73 Å². The first kappa shape index (κ1) is 13.8. The van der Waals surface area contributed by atoms with Gasteiger partial charge in [-0.3, -0.25) is 4.79 Å². The van der Waals surface area contributed by atoms with Gasteiger partial charge in [0.2, 0.25) is 0 Å². The SMILES string of the molecule is N#Cc1ccccc1-c1ccc(C[C@H](N)C(=O)O)cc1. The summed E-state index contributed by atoms with van der Waals surface area (Å²) in [7, 11) is 0. The van der Waals surface area contributed by atoms with Crippen LogP contribution < -0.4 is 5.73 Å². The first-order valence-electron chi connectivity index (χ1n) is 6.18. The van der Waals surface area contributed by atoms with Crippen LogP contribution in [0.2, 0.25) is 0 Å². The Morgan fingerprint density at radius 3 is 2.45 bits per heavy atom. The summed E-state index contributed by atoms with van der Waals surface area (Å²) >= 11 is 0. The fraction of sp³-hybridized carbons (Fsp3) is 0.125. The lowest BCUT2D eigenvalue weighted by atomic mass is 9.98. The first-order valence-corrected chi connectivity index (χ1v) is 6.18. The molecular weight excluding hydrogens is 252 g/mol. The number of benzene rings is 2. The van der Waals surface area contributed by atoms with Crippen LogP contribution in [0.25, 0.3) is 11.1 Å². The van der Waals surface area contributed by atoms with Crippen molar-refractivity contribution in [3.8, 4) is 17.2 Å². The Labute approximate surface area is 117 Å². The molecule has 2 rings (SSSR count). The minimum atomic E-state index is -1.01. The van der Waals surface area contributed by atoms with Gasteiger partial charge >= 0.3 is 5.97 Å². The molecule has 0 amide bonds. The number of carboxylic acid groups (broad SMARTS) is 1. The van der Waals surface area contributed by atoms with Crippen LogP contribution in [0.4, 0.5) is 0 Å². The topological polar surface area (TPSA) is 87.1 Å². The molecule has 2 aromatic rings. The van der Waals surface area contributed by atoms with Gasteiger partial charge in [-0.25, -0.2) is 0 Å². The maximum Gasteiger partial charge on any atom is 0.320 e. The number of nitrogens with zero attached hydrogens (tertiary/aromatic N) is 1. The lowest BCUT2D eigenvalue weighted by molar-refractivity contribution is -0.138. The van der Waals surface area contributed by atoms with Crippen molar-refractivity contribution in [1.82, 2.24) is 0 Å². The summed E-state index contributed by atoms with van der Waals surface area (Å²) in [6, 6.07) is 16.0. The van der Waals surface area contributed by atoms with Crippen molar-refractivity contribution in [3.63, 3.8) is 0 Å². The number of hydrogen-bond acceptors (Lipinski definition) is 3. The van der Waals surface area contributed by atoms with E-state index in [9.17, 15) is 4.79 Å². The summed E-state index contributed by atoms with van der Waals surface area (Å²) in [6.07, 6.45) is 0.287. The van der Waals surface area contributed by atoms with Crippen LogP contribution in [0.15, 0.2) is 48.5 Å². The highest BCUT2D eigenvalue weighted by Crippen LogP contribution is 2.23. The van der Waals surface area contributed by atoms with Gasteiger partial charge in [-0.05, 0) is 29.2 Å². The standard InChI is InChI=1S/C16H14N2O2/c17-10-13-3-1-2-4-14(13)12-7-5-11(6-8-12)9-15(18)16(19)20/h1-8,15H,9,18H2,(H,19,20)/t15-/m0/s1. The maximum absolute atomic E-state index is 10.7. The fourth-order valence-corrected chi connectivity index (χ4v) is 1.99. The molecule has 0 saturated heterocycles. The summed E-state index contributed by atoms with van der Waals surface area (Å²) in [6.45, 7) is 0. The molecule has 2 aromatic carbocycles. The highest BCUT2D eigenvalue weighted by Gasteiger charge is 2.12. The second-order valence-electron chi connectivity index (χ2n) is 4.50. The number of nitriles is 1. The van der Waals surface area contributed by atoms with Crippen LogP contribution in [-0.2, 0) is 11.2 Å². The van der Waals surface area contributed by atoms with E-state index in [0.717, 1.165) is 16.7 Å². The molecule has 0 fully saturated rings. The number of hydrogen-bond donors (Lipinski definition) is 2. The van der Waals surface area contributed by atoms with E-state index in [2.05, 4.69) is 6.07 Å². The molecule has 0 bridgehead atoms. The molecule has 0 unspecified atom stereocenters. The average Bonchev–Trinajstić information content (AvgIpc) is 2.48. The van der Waals surface area contributed by atoms with Gasteiger partial charge in [-0.1, -0.05) is 42.5 Å². The average molecular weight is 266 g/mol. The molecule has 4 nitrogen and oxygen atoms in total.